The zero-order chi connectivity index (χ0) is 16.8. The Morgan fingerprint density at radius 1 is 1.22 bits per heavy atom. The molecule has 2 aromatic carbocycles. The lowest BCUT2D eigenvalue weighted by atomic mass is 10.1. The number of sulfonamides is 1. The van der Waals surface area contributed by atoms with E-state index in [9.17, 15) is 13.2 Å². The number of thioether (sulfide) groups is 1. The van der Waals surface area contributed by atoms with Crippen molar-refractivity contribution in [2.75, 3.05) is 0 Å². The van der Waals surface area contributed by atoms with Crippen molar-refractivity contribution in [3.05, 3.63) is 57.0 Å². The highest BCUT2D eigenvalue weighted by molar-refractivity contribution is 9.10. The van der Waals surface area contributed by atoms with Crippen molar-refractivity contribution in [1.29, 1.82) is 0 Å². The van der Waals surface area contributed by atoms with Crippen LogP contribution in [0.4, 0.5) is 0 Å². The van der Waals surface area contributed by atoms with Gasteiger partial charge in [0.15, 0.2) is 5.04 Å². The van der Waals surface area contributed by atoms with E-state index in [4.69, 9.17) is 11.6 Å². The number of nitrogens with zero attached hydrogens (tertiary/aromatic N) is 1. The number of carbonyl (C=O) groups is 1. The highest BCUT2D eigenvalue weighted by atomic mass is 79.9. The van der Waals surface area contributed by atoms with E-state index in [2.05, 4.69) is 20.3 Å². The average Bonchev–Trinajstić information content (AvgIpc) is 2.49. The zero-order valence-corrected chi connectivity index (χ0v) is 15.7. The first-order valence-electron chi connectivity index (χ1n) is 6.41. The van der Waals surface area contributed by atoms with Crippen molar-refractivity contribution < 1.29 is 13.2 Å². The molecule has 1 heterocycles. The molecule has 1 aliphatic rings. The van der Waals surface area contributed by atoms with Crippen molar-refractivity contribution >= 4 is 60.1 Å². The van der Waals surface area contributed by atoms with Crippen LogP contribution in [-0.2, 0) is 10.0 Å². The van der Waals surface area contributed by atoms with Crippen LogP contribution in [0.1, 0.15) is 15.9 Å². The lowest BCUT2D eigenvalue weighted by Gasteiger charge is -2.16. The lowest BCUT2D eigenvalue weighted by Crippen LogP contribution is -2.18. The van der Waals surface area contributed by atoms with Gasteiger partial charge in [-0.2, -0.15) is 8.42 Å². The number of aryl methyl sites for hydroxylation is 1. The van der Waals surface area contributed by atoms with Crippen LogP contribution in [0.25, 0.3) is 0 Å². The van der Waals surface area contributed by atoms with Gasteiger partial charge in [-0.1, -0.05) is 39.3 Å². The maximum atomic E-state index is 12.5. The standard InChI is InChI=1S/C15H9BrClNO3S2/c1-8-6-13-12(7-11(8)17)22-15(18-23(13,20)21)14(19)9-2-4-10(16)5-3-9/h2-7H,1H3. The molecular weight excluding hydrogens is 422 g/mol. The number of Topliss-reactive ketones (excluding diaryl/α,β-unsaturated/α-hetero) is 1. The molecule has 0 saturated heterocycles. The van der Waals surface area contributed by atoms with Gasteiger partial charge < -0.3 is 0 Å². The summed E-state index contributed by atoms with van der Waals surface area (Å²) in [5.74, 6) is -0.437. The molecule has 0 bridgehead atoms. The SMILES string of the molecule is Cc1cc2c(cc1Cl)SC(C(=O)c1ccc(Br)cc1)=NS2(=O)=O. The van der Waals surface area contributed by atoms with Gasteiger partial charge in [-0.15, -0.1) is 4.40 Å². The number of hydrogen-bond acceptors (Lipinski definition) is 4. The molecule has 0 amide bonds. The highest BCUT2D eigenvalue weighted by Gasteiger charge is 2.30. The van der Waals surface area contributed by atoms with Crippen LogP contribution in [0, 0.1) is 6.92 Å². The molecule has 118 valence electrons. The molecule has 2 aromatic rings. The van der Waals surface area contributed by atoms with Gasteiger partial charge in [0.25, 0.3) is 10.0 Å². The number of carbonyl (C=O) groups excluding carboxylic acids is 1. The fourth-order valence-corrected chi connectivity index (χ4v) is 5.18. The molecule has 1 aliphatic heterocycles. The third-order valence-corrected chi connectivity index (χ3v) is 6.74. The minimum atomic E-state index is -3.91. The summed E-state index contributed by atoms with van der Waals surface area (Å²) >= 11 is 10.4. The fourth-order valence-electron chi connectivity index (χ4n) is 2.01. The van der Waals surface area contributed by atoms with E-state index in [1.165, 1.54) is 6.07 Å². The highest BCUT2D eigenvalue weighted by Crippen LogP contribution is 2.38. The quantitative estimate of drug-likeness (QED) is 0.659. The Labute approximate surface area is 151 Å². The zero-order valence-electron chi connectivity index (χ0n) is 11.7. The van der Waals surface area contributed by atoms with Gasteiger partial charge in [0.1, 0.15) is 4.90 Å². The van der Waals surface area contributed by atoms with Crippen LogP contribution in [0.3, 0.4) is 0 Å². The molecule has 0 radical (unpaired) electrons. The molecular formula is C15H9BrClNO3S2. The first kappa shape index (κ1) is 16.7. The Morgan fingerprint density at radius 2 is 1.87 bits per heavy atom. The van der Waals surface area contributed by atoms with Crippen LogP contribution >= 0.6 is 39.3 Å². The van der Waals surface area contributed by atoms with Crippen molar-refractivity contribution in [3.63, 3.8) is 0 Å². The molecule has 0 aliphatic carbocycles. The third-order valence-electron chi connectivity index (χ3n) is 3.21. The van der Waals surface area contributed by atoms with E-state index in [0.717, 1.165) is 16.2 Å². The Kier molecular flexibility index (Phi) is 4.39. The predicted octanol–water partition coefficient (Wildman–Crippen LogP) is 4.49. The Bertz CT molecular complexity index is 953. The van der Waals surface area contributed by atoms with E-state index in [1.54, 1.807) is 37.3 Å². The van der Waals surface area contributed by atoms with E-state index in [-0.39, 0.29) is 9.94 Å². The second-order valence-electron chi connectivity index (χ2n) is 4.86. The lowest BCUT2D eigenvalue weighted by molar-refractivity contribution is 0.106. The van der Waals surface area contributed by atoms with Crippen molar-refractivity contribution in [2.24, 2.45) is 4.40 Å². The molecule has 3 rings (SSSR count). The number of ketones is 1. The van der Waals surface area contributed by atoms with Crippen LogP contribution in [0.15, 0.2) is 55.1 Å². The number of rotatable bonds is 2. The minimum Gasteiger partial charge on any atom is -0.286 e. The normalized spacial score (nSPS) is 15.7. The molecule has 23 heavy (non-hydrogen) atoms. The van der Waals surface area contributed by atoms with Gasteiger partial charge in [-0.25, -0.2) is 0 Å². The first-order chi connectivity index (χ1) is 10.8. The summed E-state index contributed by atoms with van der Waals surface area (Å²) in [6.07, 6.45) is 0. The van der Waals surface area contributed by atoms with Crippen LogP contribution < -0.4 is 0 Å². The fraction of sp³-hybridized carbons (Fsp3) is 0.0667. The monoisotopic (exact) mass is 429 g/mol. The van der Waals surface area contributed by atoms with Crippen molar-refractivity contribution in [3.8, 4) is 0 Å². The van der Waals surface area contributed by atoms with Crippen molar-refractivity contribution in [2.45, 2.75) is 16.7 Å². The van der Waals surface area contributed by atoms with E-state index >= 15 is 0 Å². The Morgan fingerprint density at radius 3 is 2.52 bits per heavy atom. The molecule has 0 fully saturated rings. The smallest absolute Gasteiger partial charge is 0.284 e. The second-order valence-corrected chi connectivity index (χ2v) is 8.78. The second kappa shape index (κ2) is 6.05. The maximum Gasteiger partial charge on any atom is 0.284 e. The van der Waals surface area contributed by atoms with E-state index < -0.39 is 15.8 Å². The predicted molar refractivity (Wildman–Crippen MR) is 95.1 cm³/mol. The van der Waals surface area contributed by atoms with E-state index in [1.807, 2.05) is 0 Å². The van der Waals surface area contributed by atoms with Gasteiger partial charge in [0.05, 0.1) is 0 Å². The molecule has 0 aromatic heterocycles. The van der Waals surface area contributed by atoms with Gasteiger partial charge in [-0.3, -0.25) is 4.79 Å². The third kappa shape index (κ3) is 3.24. The number of halogens is 2. The molecule has 0 saturated carbocycles. The molecule has 0 spiro atoms. The maximum absolute atomic E-state index is 12.5. The number of fused-ring (bicyclic) bond motifs is 1. The molecule has 8 heteroatoms. The Balaban J connectivity index is 2.06. The van der Waals surface area contributed by atoms with Crippen LogP contribution in [0.5, 0.6) is 0 Å². The molecule has 0 N–H and O–H groups in total. The largest absolute Gasteiger partial charge is 0.286 e. The van der Waals surface area contributed by atoms with Gasteiger partial charge in [0.2, 0.25) is 5.78 Å². The van der Waals surface area contributed by atoms with Crippen molar-refractivity contribution in [1.82, 2.24) is 0 Å². The number of benzene rings is 2. The van der Waals surface area contributed by atoms with Gasteiger partial charge >= 0.3 is 0 Å². The summed E-state index contributed by atoms with van der Waals surface area (Å²) in [4.78, 5) is 13.0. The van der Waals surface area contributed by atoms with Gasteiger partial charge in [0, 0.05) is 20.0 Å². The summed E-state index contributed by atoms with van der Waals surface area (Å²) in [5.41, 5.74) is 1.02. The minimum absolute atomic E-state index is 0.0803. The van der Waals surface area contributed by atoms with Crippen LogP contribution in [-0.4, -0.2) is 19.2 Å². The van der Waals surface area contributed by atoms with Crippen LogP contribution in [0.2, 0.25) is 5.02 Å². The first-order valence-corrected chi connectivity index (χ1v) is 9.84. The topological polar surface area (TPSA) is 63.6 Å². The molecule has 4 nitrogen and oxygen atoms in total. The molecule has 0 atom stereocenters. The summed E-state index contributed by atoms with van der Waals surface area (Å²) in [6.45, 7) is 1.72. The van der Waals surface area contributed by atoms with Gasteiger partial charge in [-0.05, 0) is 48.9 Å². The summed E-state index contributed by atoms with van der Waals surface area (Å²) in [7, 11) is -3.91. The average molecular weight is 431 g/mol. The summed E-state index contributed by atoms with van der Waals surface area (Å²) in [6, 6.07) is 9.68. The Hall–Kier alpha value is -1.15. The molecule has 0 unspecified atom stereocenters. The van der Waals surface area contributed by atoms with E-state index in [0.29, 0.717) is 21.0 Å². The number of hydrogen-bond donors (Lipinski definition) is 0. The summed E-state index contributed by atoms with van der Waals surface area (Å²) < 4.78 is 29.2. The summed E-state index contributed by atoms with van der Waals surface area (Å²) in [5, 5.41) is 0.364.